The molecule has 0 aliphatic heterocycles. The highest BCUT2D eigenvalue weighted by Crippen LogP contribution is 1.87. The summed E-state index contributed by atoms with van der Waals surface area (Å²) in [5, 5.41) is 5.43. The topological polar surface area (TPSA) is 75.3 Å². The highest BCUT2D eigenvalue weighted by molar-refractivity contribution is 7.90. The van der Waals surface area contributed by atoms with Crippen LogP contribution in [0.3, 0.4) is 0 Å². The molecule has 0 aliphatic rings. The highest BCUT2D eigenvalue weighted by atomic mass is 32.2. The minimum atomic E-state index is -2.91. The van der Waals surface area contributed by atoms with Crippen molar-refractivity contribution in [2.24, 2.45) is 0 Å². The average Bonchev–Trinajstić information content (AvgIpc) is 2.09. The van der Waals surface area contributed by atoms with Gasteiger partial charge < -0.3 is 10.6 Å². The van der Waals surface area contributed by atoms with Gasteiger partial charge in [-0.25, -0.2) is 8.42 Å². The van der Waals surface area contributed by atoms with Gasteiger partial charge in [-0.1, -0.05) is 0 Å². The first-order chi connectivity index (χ1) is 6.37. The SMILES string of the molecule is CNC(C)C(=O)NCCCS(C)(=O)=O. The molecule has 6 heteroatoms. The fraction of sp³-hybridized carbons (Fsp3) is 0.875. The van der Waals surface area contributed by atoms with Crippen molar-refractivity contribution in [1.82, 2.24) is 10.6 Å². The van der Waals surface area contributed by atoms with E-state index in [1.54, 1.807) is 14.0 Å². The number of likely N-dealkylation sites (N-methyl/N-ethyl adjacent to an activating group) is 1. The van der Waals surface area contributed by atoms with E-state index in [-0.39, 0.29) is 17.7 Å². The van der Waals surface area contributed by atoms with Crippen LogP contribution in [0.2, 0.25) is 0 Å². The third kappa shape index (κ3) is 6.85. The minimum absolute atomic E-state index is 0.110. The number of carbonyl (C=O) groups is 1. The highest BCUT2D eigenvalue weighted by Gasteiger charge is 2.09. The molecule has 0 saturated heterocycles. The summed E-state index contributed by atoms with van der Waals surface area (Å²) < 4.78 is 21.5. The van der Waals surface area contributed by atoms with E-state index in [0.29, 0.717) is 13.0 Å². The van der Waals surface area contributed by atoms with Gasteiger partial charge in [0.25, 0.3) is 0 Å². The summed E-state index contributed by atoms with van der Waals surface area (Å²) in [6.07, 6.45) is 1.64. The van der Waals surface area contributed by atoms with E-state index in [2.05, 4.69) is 10.6 Å². The first-order valence-electron chi connectivity index (χ1n) is 4.49. The van der Waals surface area contributed by atoms with Gasteiger partial charge in [-0.2, -0.15) is 0 Å². The summed E-state index contributed by atoms with van der Waals surface area (Å²) in [7, 11) is -1.22. The van der Waals surface area contributed by atoms with Gasteiger partial charge in [0, 0.05) is 12.8 Å². The Bertz CT molecular complexity index is 274. The van der Waals surface area contributed by atoms with E-state index < -0.39 is 9.84 Å². The molecule has 0 aliphatic carbocycles. The standard InChI is InChI=1S/C8H18N2O3S/c1-7(9-2)8(11)10-5-4-6-14(3,12)13/h7,9H,4-6H2,1-3H3,(H,10,11). The lowest BCUT2D eigenvalue weighted by molar-refractivity contribution is -0.122. The molecule has 0 aromatic carbocycles. The van der Waals surface area contributed by atoms with Crippen molar-refractivity contribution in [3.05, 3.63) is 0 Å². The summed E-state index contributed by atoms with van der Waals surface area (Å²) in [4.78, 5) is 11.2. The predicted molar refractivity (Wildman–Crippen MR) is 55.9 cm³/mol. The van der Waals surface area contributed by atoms with Crippen LogP contribution >= 0.6 is 0 Å². The minimum Gasteiger partial charge on any atom is -0.355 e. The molecule has 1 unspecified atom stereocenters. The Morgan fingerprint density at radius 2 is 2.00 bits per heavy atom. The molecule has 0 aromatic heterocycles. The first-order valence-corrected chi connectivity index (χ1v) is 6.55. The Balaban J connectivity index is 3.61. The van der Waals surface area contributed by atoms with Crippen LogP contribution in [0.25, 0.3) is 0 Å². The van der Waals surface area contributed by atoms with E-state index in [1.807, 2.05) is 0 Å². The fourth-order valence-electron chi connectivity index (χ4n) is 0.830. The molecule has 5 nitrogen and oxygen atoms in total. The zero-order valence-electron chi connectivity index (χ0n) is 8.83. The molecule has 2 N–H and O–H groups in total. The van der Waals surface area contributed by atoms with Crippen molar-refractivity contribution in [2.75, 3.05) is 25.6 Å². The zero-order chi connectivity index (χ0) is 11.2. The number of amides is 1. The van der Waals surface area contributed by atoms with E-state index in [4.69, 9.17) is 0 Å². The van der Waals surface area contributed by atoms with Crippen molar-refractivity contribution < 1.29 is 13.2 Å². The summed E-state index contributed by atoms with van der Waals surface area (Å²) in [6, 6.07) is -0.242. The summed E-state index contributed by atoms with van der Waals surface area (Å²) in [6.45, 7) is 2.14. The Morgan fingerprint density at radius 1 is 1.43 bits per heavy atom. The third-order valence-corrected chi connectivity index (χ3v) is 2.85. The van der Waals surface area contributed by atoms with Gasteiger partial charge in [-0.15, -0.1) is 0 Å². The zero-order valence-corrected chi connectivity index (χ0v) is 9.65. The largest absolute Gasteiger partial charge is 0.355 e. The van der Waals surface area contributed by atoms with Crippen molar-refractivity contribution in [1.29, 1.82) is 0 Å². The monoisotopic (exact) mass is 222 g/mol. The van der Waals surface area contributed by atoms with Gasteiger partial charge in [0.1, 0.15) is 9.84 Å². The van der Waals surface area contributed by atoms with Crippen molar-refractivity contribution >= 4 is 15.7 Å². The number of sulfone groups is 1. The molecule has 0 saturated carbocycles. The molecule has 1 atom stereocenters. The molecule has 84 valence electrons. The molecule has 14 heavy (non-hydrogen) atoms. The lowest BCUT2D eigenvalue weighted by atomic mass is 10.3. The van der Waals surface area contributed by atoms with Gasteiger partial charge in [0.15, 0.2) is 0 Å². The fourth-order valence-corrected chi connectivity index (χ4v) is 1.50. The quantitative estimate of drug-likeness (QED) is 0.574. The number of rotatable bonds is 6. The maximum atomic E-state index is 11.2. The van der Waals surface area contributed by atoms with Crippen LogP contribution in [0.5, 0.6) is 0 Å². The third-order valence-electron chi connectivity index (χ3n) is 1.82. The van der Waals surface area contributed by atoms with Crippen LogP contribution in [-0.4, -0.2) is 46.0 Å². The van der Waals surface area contributed by atoms with Crippen LogP contribution < -0.4 is 10.6 Å². The number of hydrogen-bond donors (Lipinski definition) is 2. The molecular formula is C8H18N2O3S. The Hall–Kier alpha value is -0.620. The van der Waals surface area contributed by atoms with E-state index in [9.17, 15) is 13.2 Å². The van der Waals surface area contributed by atoms with Crippen LogP contribution in [0, 0.1) is 0 Å². The van der Waals surface area contributed by atoms with E-state index in [1.165, 1.54) is 6.26 Å². The number of nitrogens with one attached hydrogen (secondary N) is 2. The normalized spacial score (nSPS) is 13.6. The molecule has 0 radical (unpaired) electrons. The van der Waals surface area contributed by atoms with Crippen LogP contribution in [0.4, 0.5) is 0 Å². The van der Waals surface area contributed by atoms with E-state index >= 15 is 0 Å². The number of carbonyl (C=O) groups excluding carboxylic acids is 1. The predicted octanol–water partition coefficient (Wildman–Crippen LogP) is -0.855. The lowest BCUT2D eigenvalue weighted by Crippen LogP contribution is -2.40. The second-order valence-electron chi connectivity index (χ2n) is 3.28. The molecule has 0 aromatic rings. The van der Waals surface area contributed by atoms with Crippen LogP contribution in [0.15, 0.2) is 0 Å². The van der Waals surface area contributed by atoms with Crippen LogP contribution in [-0.2, 0) is 14.6 Å². The smallest absolute Gasteiger partial charge is 0.236 e. The van der Waals surface area contributed by atoms with Gasteiger partial charge >= 0.3 is 0 Å². The second-order valence-corrected chi connectivity index (χ2v) is 5.54. The van der Waals surface area contributed by atoms with Gasteiger partial charge in [-0.3, -0.25) is 4.79 Å². The molecule has 0 bridgehead atoms. The van der Waals surface area contributed by atoms with Gasteiger partial charge in [0.05, 0.1) is 11.8 Å². The summed E-state index contributed by atoms with van der Waals surface area (Å²) in [5.74, 6) is 0.00213. The van der Waals surface area contributed by atoms with Gasteiger partial charge in [0.2, 0.25) is 5.91 Å². The molecule has 0 fully saturated rings. The second kappa shape index (κ2) is 5.98. The van der Waals surface area contributed by atoms with Crippen molar-refractivity contribution in [3.63, 3.8) is 0 Å². The number of hydrogen-bond acceptors (Lipinski definition) is 4. The maximum absolute atomic E-state index is 11.2. The Kier molecular flexibility index (Phi) is 5.71. The molecule has 1 amide bonds. The van der Waals surface area contributed by atoms with Crippen LogP contribution in [0.1, 0.15) is 13.3 Å². The van der Waals surface area contributed by atoms with Crippen molar-refractivity contribution in [3.8, 4) is 0 Å². The molecular weight excluding hydrogens is 204 g/mol. The summed E-state index contributed by atoms with van der Waals surface area (Å²) >= 11 is 0. The maximum Gasteiger partial charge on any atom is 0.236 e. The molecule has 0 heterocycles. The molecule has 0 spiro atoms. The Labute approximate surface area is 85.2 Å². The lowest BCUT2D eigenvalue weighted by Gasteiger charge is -2.10. The first kappa shape index (κ1) is 13.4. The van der Waals surface area contributed by atoms with E-state index in [0.717, 1.165) is 0 Å². The van der Waals surface area contributed by atoms with Crippen molar-refractivity contribution in [2.45, 2.75) is 19.4 Å². The molecule has 0 rings (SSSR count). The average molecular weight is 222 g/mol. The Morgan fingerprint density at radius 3 is 2.43 bits per heavy atom. The summed E-state index contributed by atoms with van der Waals surface area (Å²) in [5.41, 5.74) is 0. The van der Waals surface area contributed by atoms with Gasteiger partial charge in [-0.05, 0) is 20.4 Å².